The summed E-state index contributed by atoms with van der Waals surface area (Å²) in [7, 11) is 0. The average molecular weight is 453 g/mol. The van der Waals surface area contributed by atoms with Crippen molar-refractivity contribution in [1.29, 1.82) is 0 Å². The van der Waals surface area contributed by atoms with Crippen molar-refractivity contribution < 1.29 is 4.79 Å². The van der Waals surface area contributed by atoms with Crippen LogP contribution in [0.5, 0.6) is 0 Å². The molecule has 1 amide bonds. The number of rotatable bonds is 3. The van der Waals surface area contributed by atoms with Gasteiger partial charge >= 0.3 is 0 Å². The smallest absolute Gasteiger partial charge is 0.262 e. The fourth-order valence-electron chi connectivity index (χ4n) is 3.63. The summed E-state index contributed by atoms with van der Waals surface area (Å²) in [5.41, 5.74) is 5.24. The van der Waals surface area contributed by atoms with Crippen molar-refractivity contribution in [3.05, 3.63) is 118 Å². The van der Waals surface area contributed by atoms with E-state index in [9.17, 15) is 4.79 Å². The monoisotopic (exact) mass is 452 g/mol. The van der Waals surface area contributed by atoms with Crippen LogP contribution in [0.1, 0.15) is 11.1 Å². The highest BCUT2D eigenvalue weighted by molar-refractivity contribution is 9.10. The van der Waals surface area contributed by atoms with Gasteiger partial charge in [0.05, 0.1) is 11.2 Å². The van der Waals surface area contributed by atoms with E-state index in [2.05, 4.69) is 20.9 Å². The van der Waals surface area contributed by atoms with Crippen LogP contribution in [-0.4, -0.2) is 10.9 Å². The minimum atomic E-state index is -0.0417. The summed E-state index contributed by atoms with van der Waals surface area (Å²) < 4.78 is 1.01. The molecule has 0 N–H and O–H groups in total. The van der Waals surface area contributed by atoms with Gasteiger partial charge in [0.15, 0.2) is 0 Å². The van der Waals surface area contributed by atoms with Crippen LogP contribution in [-0.2, 0) is 4.79 Å². The Morgan fingerprint density at radius 1 is 0.867 bits per heavy atom. The lowest BCUT2D eigenvalue weighted by Crippen LogP contribution is -2.24. The Kier molecular flexibility index (Phi) is 4.77. The summed E-state index contributed by atoms with van der Waals surface area (Å²) in [5, 5.41) is 1.00. The molecule has 0 bridgehead atoms. The molecule has 3 aromatic carbocycles. The molecule has 0 aliphatic carbocycles. The highest BCUT2D eigenvalue weighted by Gasteiger charge is 2.30. The first-order valence-corrected chi connectivity index (χ1v) is 10.4. The maximum absolute atomic E-state index is 13.5. The van der Waals surface area contributed by atoms with Gasteiger partial charge in [-0.2, -0.15) is 0 Å². The number of carbonyl (C=O) groups excluding carboxylic acids is 1. The second-order valence-electron chi connectivity index (χ2n) is 7.07. The van der Waals surface area contributed by atoms with Crippen LogP contribution in [0.15, 0.2) is 107 Å². The zero-order valence-electron chi connectivity index (χ0n) is 16.0. The summed E-state index contributed by atoms with van der Waals surface area (Å²) in [6, 6.07) is 27.8. The molecule has 0 spiro atoms. The molecule has 0 saturated carbocycles. The normalized spacial score (nSPS) is 15.1. The molecule has 1 aromatic heterocycles. The van der Waals surface area contributed by atoms with E-state index in [1.807, 2.05) is 97.1 Å². The lowest BCUT2D eigenvalue weighted by atomic mass is 10.1. The molecule has 4 aromatic rings. The highest BCUT2D eigenvalue weighted by atomic mass is 79.9. The molecule has 1 aliphatic heterocycles. The molecular formula is C26H17BrN2O. The predicted octanol–water partition coefficient (Wildman–Crippen LogP) is 6.47. The first kappa shape index (κ1) is 18.5. The molecule has 0 radical (unpaired) electrons. The first-order valence-electron chi connectivity index (χ1n) is 9.63. The highest BCUT2D eigenvalue weighted by Crippen LogP contribution is 2.36. The largest absolute Gasteiger partial charge is 0.276 e. The second kappa shape index (κ2) is 7.73. The van der Waals surface area contributed by atoms with Crippen LogP contribution in [0.3, 0.4) is 0 Å². The molecular weight excluding hydrogens is 436 g/mol. The SMILES string of the molecule is O=C1C(=Cc2ccc(Br)cc2)C=C(c2ccccc2)N1c1ccc2ncccc2c1. The summed E-state index contributed by atoms with van der Waals surface area (Å²) in [6.07, 6.45) is 5.67. The third-order valence-electron chi connectivity index (χ3n) is 5.09. The number of nitrogens with zero attached hydrogens (tertiary/aromatic N) is 2. The van der Waals surface area contributed by atoms with Gasteiger partial charge in [-0.05, 0) is 59.7 Å². The zero-order chi connectivity index (χ0) is 20.5. The van der Waals surface area contributed by atoms with E-state index in [-0.39, 0.29) is 5.91 Å². The topological polar surface area (TPSA) is 33.2 Å². The number of amides is 1. The maximum Gasteiger partial charge on any atom is 0.262 e. The number of aromatic nitrogens is 1. The zero-order valence-corrected chi connectivity index (χ0v) is 17.6. The molecule has 30 heavy (non-hydrogen) atoms. The van der Waals surface area contributed by atoms with Crippen LogP contribution in [0, 0.1) is 0 Å². The van der Waals surface area contributed by atoms with Crippen molar-refractivity contribution in [2.45, 2.75) is 0 Å². The van der Waals surface area contributed by atoms with Crippen molar-refractivity contribution >= 4 is 50.2 Å². The summed E-state index contributed by atoms with van der Waals surface area (Å²) in [4.78, 5) is 19.7. The van der Waals surface area contributed by atoms with Crippen molar-refractivity contribution in [1.82, 2.24) is 4.98 Å². The summed E-state index contributed by atoms with van der Waals surface area (Å²) in [6.45, 7) is 0. The van der Waals surface area contributed by atoms with Crippen molar-refractivity contribution in [2.75, 3.05) is 4.90 Å². The number of benzene rings is 3. The lowest BCUT2D eigenvalue weighted by molar-refractivity contribution is -0.113. The number of fused-ring (bicyclic) bond motifs is 1. The average Bonchev–Trinajstić information content (AvgIpc) is 3.11. The Balaban J connectivity index is 1.63. The van der Waals surface area contributed by atoms with Gasteiger partial charge in [-0.3, -0.25) is 14.7 Å². The van der Waals surface area contributed by atoms with Crippen LogP contribution in [0.4, 0.5) is 5.69 Å². The summed E-state index contributed by atoms with van der Waals surface area (Å²) >= 11 is 3.46. The van der Waals surface area contributed by atoms with E-state index in [4.69, 9.17) is 0 Å². The molecule has 1 aliphatic rings. The second-order valence-corrected chi connectivity index (χ2v) is 7.98. The van der Waals surface area contributed by atoms with Gasteiger partial charge in [0.1, 0.15) is 0 Å². The number of anilines is 1. The van der Waals surface area contributed by atoms with Crippen molar-refractivity contribution in [3.63, 3.8) is 0 Å². The molecule has 0 atom stereocenters. The summed E-state index contributed by atoms with van der Waals surface area (Å²) in [5.74, 6) is -0.0417. The van der Waals surface area contributed by atoms with Crippen molar-refractivity contribution in [3.8, 4) is 0 Å². The molecule has 0 saturated heterocycles. The van der Waals surface area contributed by atoms with Gasteiger partial charge in [-0.15, -0.1) is 0 Å². The Morgan fingerprint density at radius 3 is 2.47 bits per heavy atom. The Labute approximate surface area is 183 Å². The fourth-order valence-corrected chi connectivity index (χ4v) is 3.90. The van der Waals surface area contributed by atoms with E-state index in [1.54, 1.807) is 11.1 Å². The molecule has 0 unspecified atom stereocenters. The maximum atomic E-state index is 13.5. The quantitative estimate of drug-likeness (QED) is 0.333. The number of halogens is 1. The molecule has 2 heterocycles. The standard InChI is InChI=1S/C26H17BrN2O/c27-22-10-8-18(9-11-22)15-21-17-25(19-5-2-1-3-6-19)29(26(21)30)23-12-13-24-20(16-23)7-4-14-28-24/h1-17H. The Hall–Kier alpha value is -3.50. The van der Waals surface area contributed by atoms with Gasteiger partial charge < -0.3 is 0 Å². The minimum absolute atomic E-state index is 0.0417. The van der Waals surface area contributed by atoms with Gasteiger partial charge in [-0.1, -0.05) is 64.5 Å². The number of pyridine rings is 1. The minimum Gasteiger partial charge on any atom is -0.276 e. The van der Waals surface area contributed by atoms with Gasteiger partial charge in [0.25, 0.3) is 5.91 Å². The van der Waals surface area contributed by atoms with Crippen LogP contribution in [0.2, 0.25) is 0 Å². The Bertz CT molecular complexity index is 1310. The molecule has 3 nitrogen and oxygen atoms in total. The molecule has 144 valence electrons. The third kappa shape index (κ3) is 3.46. The number of carbonyl (C=O) groups is 1. The number of hydrogen-bond donors (Lipinski definition) is 0. The fraction of sp³-hybridized carbons (Fsp3) is 0. The van der Waals surface area contributed by atoms with E-state index >= 15 is 0 Å². The van der Waals surface area contributed by atoms with E-state index < -0.39 is 0 Å². The van der Waals surface area contributed by atoms with Gasteiger partial charge in [0, 0.05) is 27.3 Å². The molecule has 5 rings (SSSR count). The van der Waals surface area contributed by atoms with E-state index in [0.717, 1.165) is 37.9 Å². The van der Waals surface area contributed by atoms with Crippen LogP contribution >= 0.6 is 15.9 Å². The third-order valence-corrected chi connectivity index (χ3v) is 5.62. The van der Waals surface area contributed by atoms with E-state index in [0.29, 0.717) is 5.57 Å². The van der Waals surface area contributed by atoms with Gasteiger partial charge in [0.2, 0.25) is 0 Å². The van der Waals surface area contributed by atoms with Crippen molar-refractivity contribution in [2.24, 2.45) is 0 Å². The molecule has 4 heteroatoms. The first-order chi connectivity index (χ1) is 14.7. The van der Waals surface area contributed by atoms with E-state index in [1.165, 1.54) is 0 Å². The molecule has 0 fully saturated rings. The van der Waals surface area contributed by atoms with Gasteiger partial charge in [-0.25, -0.2) is 0 Å². The predicted molar refractivity (Wildman–Crippen MR) is 126 cm³/mol. The van der Waals surface area contributed by atoms with Crippen LogP contribution in [0.25, 0.3) is 22.7 Å². The van der Waals surface area contributed by atoms with Crippen LogP contribution < -0.4 is 4.90 Å². The Morgan fingerprint density at radius 2 is 1.67 bits per heavy atom. The lowest BCUT2D eigenvalue weighted by Gasteiger charge is -2.21. The number of hydrogen-bond acceptors (Lipinski definition) is 2.